The molecule has 4 aromatic carbocycles. The number of hydrogen-bond donors (Lipinski definition) is 4. The summed E-state index contributed by atoms with van der Waals surface area (Å²) in [6, 6.07) is 30.5. The molecule has 242 valence electrons. The molecule has 1 aromatic heterocycles. The highest BCUT2D eigenvalue weighted by molar-refractivity contribution is 5.98. The van der Waals surface area contributed by atoms with Gasteiger partial charge in [0.1, 0.15) is 18.0 Å². The van der Waals surface area contributed by atoms with Crippen LogP contribution in [0.2, 0.25) is 0 Å². The van der Waals surface area contributed by atoms with E-state index in [9.17, 15) is 9.59 Å². The number of carbonyl (C=O) groups excluding carboxylic acids is 2. The third-order valence-corrected chi connectivity index (χ3v) is 8.88. The number of aromatic nitrogens is 2. The first-order valence-electron chi connectivity index (χ1n) is 16.1. The van der Waals surface area contributed by atoms with E-state index in [4.69, 9.17) is 14.5 Å². The number of morpholine rings is 1. The Balaban J connectivity index is 1.18. The first-order chi connectivity index (χ1) is 22.9. The third kappa shape index (κ3) is 7.53. The number of ether oxygens (including phenoxy) is 2. The van der Waals surface area contributed by atoms with Gasteiger partial charge >= 0.3 is 6.09 Å². The Morgan fingerprint density at radius 1 is 0.915 bits per heavy atom. The molecule has 4 N–H and O–H groups in total. The molecule has 0 spiro atoms. The van der Waals surface area contributed by atoms with Gasteiger partial charge in [-0.3, -0.25) is 4.79 Å². The Morgan fingerprint density at radius 2 is 1.57 bits per heavy atom. The first kappa shape index (κ1) is 32.0. The number of imidazole rings is 1. The standard InChI is InChI=1S/C38H41N5O4/c1-24-20-31-32(21-25(24)2)41-36(40-31)33-23-39-22-29(47-33)19-18-26-12-10-11-17-30(26)42-37(44)35(43-38(45)46-3)34(27-13-6-4-7-14-27)28-15-8-5-9-16-28/h4-17,20-21,29,33-35,39H,18-19,22-23H2,1-3H3,(H,40,41)(H,42,44)(H,43,45)/t29-,33+,35?/m1/s1. The summed E-state index contributed by atoms with van der Waals surface area (Å²) in [5, 5.41) is 9.45. The maximum Gasteiger partial charge on any atom is 0.407 e. The number of aromatic amines is 1. The SMILES string of the molecule is COC(=O)NC(C(=O)Nc1ccccc1CC[C@@H]1CNC[C@@H](c2nc3cc(C)c(C)cc3[nH]2)O1)C(c1ccccc1)c1ccccc1. The van der Waals surface area contributed by atoms with Gasteiger partial charge in [0.15, 0.2) is 0 Å². The molecule has 47 heavy (non-hydrogen) atoms. The quantitative estimate of drug-likeness (QED) is 0.143. The van der Waals surface area contributed by atoms with Crippen molar-refractivity contribution in [3.8, 4) is 0 Å². The van der Waals surface area contributed by atoms with Crippen molar-refractivity contribution in [3.63, 3.8) is 0 Å². The van der Waals surface area contributed by atoms with E-state index in [1.807, 2.05) is 84.9 Å². The second kappa shape index (κ2) is 14.6. The average molecular weight is 632 g/mol. The van der Waals surface area contributed by atoms with E-state index in [-0.39, 0.29) is 18.1 Å². The van der Waals surface area contributed by atoms with Crippen molar-refractivity contribution in [2.24, 2.45) is 0 Å². The number of nitrogens with zero attached hydrogens (tertiary/aromatic N) is 1. The van der Waals surface area contributed by atoms with Gasteiger partial charge in [0.05, 0.1) is 24.2 Å². The van der Waals surface area contributed by atoms with Crippen molar-refractivity contribution < 1.29 is 19.1 Å². The van der Waals surface area contributed by atoms with Crippen LogP contribution in [0.25, 0.3) is 11.0 Å². The summed E-state index contributed by atoms with van der Waals surface area (Å²) in [5.41, 5.74) is 7.86. The molecule has 0 saturated carbocycles. The van der Waals surface area contributed by atoms with E-state index in [1.54, 1.807) is 0 Å². The molecule has 9 nitrogen and oxygen atoms in total. The molecule has 0 radical (unpaired) electrons. The van der Waals surface area contributed by atoms with Crippen LogP contribution in [0.1, 0.15) is 52.1 Å². The average Bonchev–Trinajstić information content (AvgIpc) is 3.51. The molecule has 0 aliphatic carbocycles. The number of fused-ring (bicyclic) bond motifs is 1. The fraction of sp³-hybridized carbons (Fsp3) is 0.289. The first-order valence-corrected chi connectivity index (χ1v) is 16.1. The van der Waals surface area contributed by atoms with E-state index in [1.165, 1.54) is 18.2 Å². The number of nitrogens with one attached hydrogen (secondary N) is 4. The fourth-order valence-corrected chi connectivity index (χ4v) is 6.25. The van der Waals surface area contributed by atoms with E-state index >= 15 is 0 Å². The predicted octanol–water partition coefficient (Wildman–Crippen LogP) is 6.34. The van der Waals surface area contributed by atoms with Crippen LogP contribution >= 0.6 is 0 Å². The Bertz CT molecular complexity index is 1750. The van der Waals surface area contributed by atoms with E-state index < -0.39 is 18.1 Å². The number of H-pyrrole nitrogens is 1. The minimum Gasteiger partial charge on any atom is -0.453 e. The van der Waals surface area contributed by atoms with Crippen molar-refractivity contribution in [2.45, 2.75) is 50.9 Å². The summed E-state index contributed by atoms with van der Waals surface area (Å²) < 4.78 is 11.5. The number of para-hydroxylation sites is 1. The molecule has 1 unspecified atom stereocenters. The van der Waals surface area contributed by atoms with Gasteiger partial charge in [0.2, 0.25) is 5.91 Å². The smallest absolute Gasteiger partial charge is 0.407 e. The molecular weight excluding hydrogens is 590 g/mol. The van der Waals surface area contributed by atoms with Crippen LogP contribution in [0, 0.1) is 13.8 Å². The highest BCUT2D eigenvalue weighted by atomic mass is 16.5. The van der Waals surface area contributed by atoms with Crippen LogP contribution in [0.5, 0.6) is 0 Å². The van der Waals surface area contributed by atoms with Crippen molar-refractivity contribution in [3.05, 3.63) is 131 Å². The third-order valence-electron chi connectivity index (χ3n) is 8.88. The number of alkyl carbamates (subject to hydrolysis) is 1. The largest absolute Gasteiger partial charge is 0.453 e. The summed E-state index contributed by atoms with van der Waals surface area (Å²) in [4.78, 5) is 34.9. The van der Waals surface area contributed by atoms with Crippen LogP contribution in [0.15, 0.2) is 97.1 Å². The number of rotatable bonds is 10. The predicted molar refractivity (Wildman–Crippen MR) is 183 cm³/mol. The summed E-state index contributed by atoms with van der Waals surface area (Å²) in [6.45, 7) is 5.60. The summed E-state index contributed by atoms with van der Waals surface area (Å²) in [5.74, 6) is 0.0327. The number of hydrogen-bond acceptors (Lipinski definition) is 6. The maximum absolute atomic E-state index is 14.1. The van der Waals surface area contributed by atoms with Crippen LogP contribution in [-0.2, 0) is 20.7 Å². The van der Waals surface area contributed by atoms with Gasteiger partial charge in [0, 0.05) is 24.7 Å². The van der Waals surface area contributed by atoms with Crippen LogP contribution < -0.4 is 16.0 Å². The Hall–Kier alpha value is -4.99. The Labute approximate surface area is 275 Å². The zero-order valence-electron chi connectivity index (χ0n) is 27.0. The van der Waals surface area contributed by atoms with Crippen LogP contribution in [0.4, 0.5) is 10.5 Å². The number of amides is 2. The number of anilines is 1. The molecule has 3 atom stereocenters. The second-order valence-corrected chi connectivity index (χ2v) is 12.1. The monoisotopic (exact) mass is 631 g/mol. The zero-order valence-corrected chi connectivity index (χ0v) is 27.0. The van der Waals surface area contributed by atoms with E-state index in [0.717, 1.165) is 46.5 Å². The van der Waals surface area contributed by atoms with Gasteiger partial charge in [-0.1, -0.05) is 78.9 Å². The summed E-state index contributed by atoms with van der Waals surface area (Å²) >= 11 is 0. The number of carbonyl (C=O) groups is 2. The molecule has 1 aliphatic rings. The fourth-order valence-electron chi connectivity index (χ4n) is 6.25. The van der Waals surface area contributed by atoms with Crippen LogP contribution in [0.3, 0.4) is 0 Å². The molecule has 1 saturated heterocycles. The lowest BCUT2D eigenvalue weighted by atomic mass is 9.84. The molecule has 0 bridgehead atoms. The van der Waals surface area contributed by atoms with Gasteiger partial charge in [-0.25, -0.2) is 9.78 Å². The number of aryl methyl sites for hydroxylation is 3. The maximum atomic E-state index is 14.1. The Morgan fingerprint density at radius 3 is 2.28 bits per heavy atom. The molecule has 2 amide bonds. The lowest BCUT2D eigenvalue weighted by Gasteiger charge is -2.30. The van der Waals surface area contributed by atoms with Crippen LogP contribution in [-0.4, -0.2) is 54.3 Å². The summed E-state index contributed by atoms with van der Waals surface area (Å²) in [7, 11) is 1.29. The summed E-state index contributed by atoms with van der Waals surface area (Å²) in [6.07, 6.45) is 0.527. The minimum atomic E-state index is -0.941. The topological polar surface area (TPSA) is 117 Å². The van der Waals surface area contributed by atoms with Gasteiger partial charge in [0.25, 0.3) is 0 Å². The minimum absolute atomic E-state index is 0.0385. The molecule has 6 rings (SSSR count). The van der Waals surface area contributed by atoms with Crippen molar-refractivity contribution >= 4 is 28.7 Å². The second-order valence-electron chi connectivity index (χ2n) is 12.1. The molecule has 5 aromatic rings. The molecule has 2 heterocycles. The van der Waals surface area contributed by atoms with Gasteiger partial charge in [-0.05, 0) is 72.7 Å². The van der Waals surface area contributed by atoms with Crippen molar-refractivity contribution in [1.82, 2.24) is 20.6 Å². The molecule has 1 fully saturated rings. The van der Waals surface area contributed by atoms with Crippen molar-refractivity contribution in [2.75, 3.05) is 25.5 Å². The number of benzene rings is 4. The Kier molecular flexibility index (Phi) is 9.94. The molecule has 9 heteroatoms. The van der Waals surface area contributed by atoms with E-state index in [0.29, 0.717) is 18.7 Å². The van der Waals surface area contributed by atoms with E-state index in [2.05, 4.69) is 46.9 Å². The normalized spacial score (nSPS) is 16.9. The number of methoxy groups -OCH3 is 1. The van der Waals surface area contributed by atoms with Gasteiger partial charge in [-0.15, -0.1) is 0 Å². The van der Waals surface area contributed by atoms with Gasteiger partial charge < -0.3 is 30.4 Å². The lowest BCUT2D eigenvalue weighted by Crippen LogP contribution is -2.48. The molecular formula is C38H41N5O4. The van der Waals surface area contributed by atoms with Crippen molar-refractivity contribution in [1.29, 1.82) is 0 Å². The molecule has 1 aliphatic heterocycles. The van der Waals surface area contributed by atoms with Gasteiger partial charge in [-0.2, -0.15) is 0 Å². The zero-order chi connectivity index (χ0) is 32.8. The highest BCUT2D eigenvalue weighted by Crippen LogP contribution is 2.30. The highest BCUT2D eigenvalue weighted by Gasteiger charge is 2.33. The lowest BCUT2D eigenvalue weighted by molar-refractivity contribution is -0.118.